The molecule has 4 aromatic carbocycles. The van der Waals surface area contributed by atoms with Crippen LogP contribution < -0.4 is 0 Å². The van der Waals surface area contributed by atoms with E-state index in [1.807, 2.05) is 37.3 Å². The molecule has 0 aliphatic carbocycles. The van der Waals surface area contributed by atoms with E-state index in [-0.39, 0.29) is 17.9 Å². The number of rotatable bonds is 9. The molecular weight excluding hydrogens is 490 g/mol. The smallest absolute Gasteiger partial charge is 0.261 e. The zero-order valence-corrected chi connectivity index (χ0v) is 23.7. The molecule has 1 atom stereocenters. The molecule has 0 N–H and O–H groups in total. The Morgan fingerprint density at radius 3 is 2.30 bits per heavy atom. The van der Waals surface area contributed by atoms with Crippen molar-refractivity contribution in [1.29, 1.82) is 0 Å². The lowest BCUT2D eigenvalue weighted by atomic mass is 9.83. The lowest BCUT2D eigenvalue weighted by Crippen LogP contribution is -2.48. The molecule has 202 valence electrons. The largest absolute Gasteiger partial charge is 0.271 e. The van der Waals surface area contributed by atoms with Crippen LogP contribution in [0.2, 0.25) is 0 Å². The van der Waals surface area contributed by atoms with Gasteiger partial charge in [-0.25, -0.2) is 0 Å². The highest BCUT2D eigenvalue weighted by atomic mass is 16.2. The molecule has 4 aromatic rings. The lowest BCUT2D eigenvalue weighted by Gasteiger charge is -2.35. The average molecular weight is 528 g/mol. The van der Waals surface area contributed by atoms with Crippen LogP contribution in [0.4, 0.5) is 0 Å². The summed E-state index contributed by atoms with van der Waals surface area (Å²) >= 11 is 0. The Hall–Kier alpha value is -4.24. The van der Waals surface area contributed by atoms with Crippen molar-refractivity contribution in [2.45, 2.75) is 58.9 Å². The Kier molecular flexibility index (Phi) is 8.11. The Morgan fingerprint density at radius 1 is 0.825 bits per heavy atom. The predicted molar refractivity (Wildman–Crippen MR) is 167 cm³/mol. The third-order valence-corrected chi connectivity index (χ3v) is 8.12. The third-order valence-electron chi connectivity index (χ3n) is 8.12. The average Bonchev–Trinajstić information content (AvgIpc) is 3.00. The van der Waals surface area contributed by atoms with E-state index in [2.05, 4.69) is 81.1 Å². The number of benzene rings is 4. The van der Waals surface area contributed by atoms with Crippen molar-refractivity contribution in [3.8, 4) is 11.1 Å². The molecule has 0 saturated carbocycles. The van der Waals surface area contributed by atoms with Crippen molar-refractivity contribution in [3.05, 3.63) is 120 Å². The van der Waals surface area contributed by atoms with Gasteiger partial charge in [0.05, 0.1) is 0 Å². The van der Waals surface area contributed by atoms with Crippen LogP contribution in [-0.2, 0) is 4.79 Å². The molecule has 3 nitrogen and oxygen atoms in total. The maximum Gasteiger partial charge on any atom is 0.261 e. The van der Waals surface area contributed by atoms with Crippen molar-refractivity contribution in [1.82, 2.24) is 4.90 Å². The molecule has 0 spiro atoms. The molecule has 0 saturated heterocycles. The number of allylic oxidation sites excluding steroid dienone is 1. The molecule has 1 unspecified atom stereocenters. The first-order chi connectivity index (χ1) is 19.5. The Bertz CT molecular complexity index is 1610. The van der Waals surface area contributed by atoms with Gasteiger partial charge in [0.2, 0.25) is 0 Å². The Morgan fingerprint density at radius 2 is 1.57 bits per heavy atom. The number of amides is 2. The number of unbranched alkanes of at least 4 members (excludes halogenated alkanes) is 2. The van der Waals surface area contributed by atoms with E-state index in [4.69, 9.17) is 0 Å². The molecule has 1 aliphatic heterocycles. The maximum absolute atomic E-state index is 13.8. The zero-order valence-electron chi connectivity index (χ0n) is 23.7. The van der Waals surface area contributed by atoms with Crippen LogP contribution >= 0.6 is 0 Å². The standard InChI is InChI=1S/C37H37NO2/c1-5-8-10-16-31(6-2)38-36(39)32(7-3)35-33(17-13-18-34(35)37(38)40)25(4)27-19-20-30-24-28(21-22-29(30)23-27)26-14-11-9-12-15-26/h7,9,11-15,17-24,31H,4-6,8,10,16H2,1-3H3/b32-7+. The second kappa shape index (κ2) is 11.9. The number of fused-ring (bicyclic) bond motifs is 2. The summed E-state index contributed by atoms with van der Waals surface area (Å²) in [7, 11) is 0. The van der Waals surface area contributed by atoms with Crippen molar-refractivity contribution in [2.24, 2.45) is 0 Å². The number of nitrogens with zero attached hydrogens (tertiary/aromatic N) is 1. The van der Waals surface area contributed by atoms with E-state index in [9.17, 15) is 9.59 Å². The zero-order chi connectivity index (χ0) is 28.2. The highest BCUT2D eigenvalue weighted by Gasteiger charge is 2.39. The van der Waals surface area contributed by atoms with Gasteiger partial charge in [0.25, 0.3) is 11.8 Å². The maximum atomic E-state index is 13.8. The quantitative estimate of drug-likeness (QED) is 0.124. The third kappa shape index (κ3) is 5.04. The molecule has 3 heteroatoms. The number of carbonyl (C=O) groups is 2. The second-order valence-corrected chi connectivity index (χ2v) is 10.6. The molecule has 40 heavy (non-hydrogen) atoms. The molecule has 0 radical (unpaired) electrons. The van der Waals surface area contributed by atoms with Crippen molar-refractivity contribution < 1.29 is 9.59 Å². The molecule has 0 bridgehead atoms. The molecule has 0 fully saturated rings. The van der Waals surface area contributed by atoms with Crippen LogP contribution in [0.3, 0.4) is 0 Å². The van der Waals surface area contributed by atoms with Gasteiger partial charge in [-0.2, -0.15) is 0 Å². The summed E-state index contributed by atoms with van der Waals surface area (Å²) in [4.78, 5) is 29.1. The molecule has 1 aliphatic rings. The number of imide groups is 1. The molecular formula is C37H37NO2. The Balaban J connectivity index is 1.51. The fourth-order valence-electron chi connectivity index (χ4n) is 5.88. The van der Waals surface area contributed by atoms with Gasteiger partial charge in [-0.3, -0.25) is 14.5 Å². The molecule has 0 aromatic heterocycles. The van der Waals surface area contributed by atoms with Crippen molar-refractivity contribution in [3.63, 3.8) is 0 Å². The van der Waals surface area contributed by atoms with Crippen LogP contribution in [-0.4, -0.2) is 22.8 Å². The van der Waals surface area contributed by atoms with Crippen LogP contribution in [0.15, 0.2) is 97.6 Å². The number of hydrogen-bond acceptors (Lipinski definition) is 2. The fraction of sp³-hybridized carbons (Fsp3) is 0.243. The van der Waals surface area contributed by atoms with Crippen LogP contribution in [0.25, 0.3) is 33.0 Å². The highest BCUT2D eigenvalue weighted by Crippen LogP contribution is 2.38. The van der Waals surface area contributed by atoms with E-state index < -0.39 is 0 Å². The van der Waals surface area contributed by atoms with Crippen LogP contribution in [0.5, 0.6) is 0 Å². The Labute approximate surface area is 237 Å². The summed E-state index contributed by atoms with van der Waals surface area (Å²) in [5, 5.41) is 2.27. The van der Waals surface area contributed by atoms with Crippen LogP contribution in [0.1, 0.15) is 79.9 Å². The van der Waals surface area contributed by atoms with Gasteiger partial charge in [0.1, 0.15) is 0 Å². The van der Waals surface area contributed by atoms with Gasteiger partial charge in [-0.15, -0.1) is 0 Å². The number of carbonyl (C=O) groups excluding carboxylic acids is 2. The summed E-state index contributed by atoms with van der Waals surface area (Å²) in [6.07, 6.45) is 6.66. The summed E-state index contributed by atoms with van der Waals surface area (Å²) in [5.41, 5.74) is 6.81. The van der Waals surface area contributed by atoms with Crippen molar-refractivity contribution in [2.75, 3.05) is 0 Å². The van der Waals surface area contributed by atoms with E-state index >= 15 is 0 Å². The first-order valence-electron chi connectivity index (χ1n) is 14.4. The van der Waals surface area contributed by atoms with Gasteiger partial charge in [-0.1, -0.05) is 112 Å². The first-order valence-corrected chi connectivity index (χ1v) is 14.4. The molecule has 1 heterocycles. The van der Waals surface area contributed by atoms with E-state index in [1.165, 1.54) is 16.0 Å². The molecule has 5 rings (SSSR count). The summed E-state index contributed by atoms with van der Waals surface area (Å²) < 4.78 is 0. The monoisotopic (exact) mass is 527 g/mol. The minimum atomic E-state index is -0.199. The van der Waals surface area contributed by atoms with Gasteiger partial charge in [0, 0.05) is 22.7 Å². The minimum absolute atomic E-state index is 0.0947. The fourth-order valence-corrected chi connectivity index (χ4v) is 5.88. The first kappa shape index (κ1) is 27.3. The van der Waals surface area contributed by atoms with Gasteiger partial charge >= 0.3 is 0 Å². The summed E-state index contributed by atoms with van der Waals surface area (Å²) in [6, 6.07) is 28.8. The highest BCUT2D eigenvalue weighted by molar-refractivity contribution is 6.32. The van der Waals surface area contributed by atoms with Gasteiger partial charge in [-0.05, 0) is 76.6 Å². The van der Waals surface area contributed by atoms with Crippen molar-refractivity contribution >= 4 is 33.7 Å². The van der Waals surface area contributed by atoms with Crippen LogP contribution in [0, 0.1) is 0 Å². The van der Waals surface area contributed by atoms with E-state index in [0.29, 0.717) is 16.7 Å². The van der Waals surface area contributed by atoms with E-state index in [0.717, 1.165) is 59.6 Å². The summed E-state index contributed by atoms with van der Waals surface area (Å²) in [5.74, 6) is -0.397. The summed E-state index contributed by atoms with van der Waals surface area (Å²) in [6.45, 7) is 10.6. The normalized spacial score (nSPS) is 15.0. The molecule has 2 amide bonds. The van der Waals surface area contributed by atoms with Gasteiger partial charge < -0.3 is 0 Å². The van der Waals surface area contributed by atoms with E-state index in [1.54, 1.807) is 0 Å². The lowest BCUT2D eigenvalue weighted by molar-refractivity contribution is -0.124. The SMILES string of the molecule is C=C(c1ccc2cc(-c3ccccc3)ccc2c1)c1cccc2c1/C(=C\C)C(=O)N(C(CC)CCCCC)C2=O. The predicted octanol–water partition coefficient (Wildman–Crippen LogP) is 9.31. The van der Waals surface area contributed by atoms with Gasteiger partial charge in [0.15, 0.2) is 0 Å². The number of hydrogen-bond donors (Lipinski definition) is 0. The minimum Gasteiger partial charge on any atom is -0.271 e. The topological polar surface area (TPSA) is 37.4 Å². The second-order valence-electron chi connectivity index (χ2n) is 10.6.